The highest BCUT2D eigenvalue weighted by Crippen LogP contribution is 2.02. The number of carbonyl (C=O) groups excluding carboxylic acids is 2. The smallest absolute Gasteiger partial charge is 0.307 e. The van der Waals surface area contributed by atoms with E-state index < -0.39 is 0 Å². The number of hydrogen-bond donors (Lipinski definition) is 1. The summed E-state index contributed by atoms with van der Waals surface area (Å²) in [4.78, 5) is 24.1. The molecule has 0 saturated carbocycles. The van der Waals surface area contributed by atoms with Gasteiger partial charge in [0.2, 0.25) is 6.41 Å². The third kappa shape index (κ3) is 10.8. The lowest BCUT2D eigenvalue weighted by Gasteiger charge is -1.99. The minimum absolute atomic E-state index is 0.243. The summed E-state index contributed by atoms with van der Waals surface area (Å²) in [6, 6.07) is 3.82. The Morgan fingerprint density at radius 3 is 2.82 bits per heavy atom. The van der Waals surface area contributed by atoms with E-state index in [0.717, 1.165) is 4.47 Å². The average molecular weight is 303 g/mol. The first-order chi connectivity index (χ1) is 8.20. The number of aromatic nitrogens is 1. The Kier molecular flexibility index (Phi) is 10.1. The molecule has 0 spiro atoms. The molecule has 0 aliphatic heterocycles. The fraction of sp³-hybridized carbons (Fsp3) is 0.364. The summed E-state index contributed by atoms with van der Waals surface area (Å²) in [5, 5.41) is 2.36. The number of nitrogens with one attached hydrogen (secondary N) is 1. The van der Waals surface area contributed by atoms with Crippen LogP contribution in [-0.2, 0) is 14.3 Å². The summed E-state index contributed by atoms with van der Waals surface area (Å²) >= 11 is 3.25. The first-order valence-electron chi connectivity index (χ1n) is 5.08. The summed E-state index contributed by atoms with van der Waals surface area (Å²) < 4.78 is 5.62. The third-order valence-corrected chi connectivity index (χ3v) is 1.96. The van der Waals surface area contributed by atoms with Gasteiger partial charge in [0, 0.05) is 23.4 Å². The van der Waals surface area contributed by atoms with E-state index in [9.17, 15) is 9.59 Å². The Bertz CT molecular complexity index is 320. The van der Waals surface area contributed by atoms with Crippen molar-refractivity contribution in [2.45, 2.75) is 13.3 Å². The van der Waals surface area contributed by atoms with E-state index >= 15 is 0 Å². The second kappa shape index (κ2) is 11.1. The van der Waals surface area contributed by atoms with Crippen molar-refractivity contribution in [3.63, 3.8) is 0 Å². The fourth-order valence-electron chi connectivity index (χ4n) is 0.808. The molecule has 0 aliphatic carbocycles. The van der Waals surface area contributed by atoms with Crippen LogP contribution in [0.3, 0.4) is 0 Å². The van der Waals surface area contributed by atoms with Gasteiger partial charge >= 0.3 is 5.97 Å². The van der Waals surface area contributed by atoms with Gasteiger partial charge in [0.15, 0.2) is 0 Å². The van der Waals surface area contributed by atoms with Crippen LogP contribution in [0.15, 0.2) is 29.0 Å². The van der Waals surface area contributed by atoms with Crippen molar-refractivity contribution in [2.75, 3.05) is 13.2 Å². The van der Waals surface area contributed by atoms with Crippen LogP contribution in [0.25, 0.3) is 0 Å². The Morgan fingerprint density at radius 1 is 1.65 bits per heavy atom. The monoisotopic (exact) mass is 302 g/mol. The van der Waals surface area contributed by atoms with Crippen LogP contribution < -0.4 is 5.32 Å². The van der Waals surface area contributed by atoms with Crippen molar-refractivity contribution in [3.8, 4) is 0 Å². The molecule has 0 fully saturated rings. The third-order valence-electron chi connectivity index (χ3n) is 1.49. The van der Waals surface area contributed by atoms with Crippen LogP contribution in [0.5, 0.6) is 0 Å². The quantitative estimate of drug-likeness (QED) is 0.509. The Labute approximate surface area is 109 Å². The average Bonchev–Trinajstić information content (AvgIpc) is 2.31. The minimum atomic E-state index is -0.281. The van der Waals surface area contributed by atoms with Gasteiger partial charge in [-0.15, -0.1) is 0 Å². The zero-order valence-electron chi connectivity index (χ0n) is 9.56. The van der Waals surface area contributed by atoms with Gasteiger partial charge < -0.3 is 10.1 Å². The molecule has 94 valence electrons. The first kappa shape index (κ1) is 15.6. The summed E-state index contributed by atoms with van der Waals surface area (Å²) in [6.07, 6.45) is 4.29. The molecule has 1 amide bonds. The zero-order chi connectivity index (χ0) is 12.9. The Hall–Kier alpha value is -1.43. The van der Waals surface area contributed by atoms with Crippen LogP contribution in [0.1, 0.15) is 13.3 Å². The fourth-order valence-corrected chi connectivity index (χ4v) is 1.08. The molecule has 0 radical (unpaired) electrons. The number of ether oxygens (including phenoxy) is 1. The van der Waals surface area contributed by atoms with Crippen molar-refractivity contribution >= 4 is 28.3 Å². The maximum Gasteiger partial charge on any atom is 0.307 e. The number of esters is 1. The second-order valence-electron chi connectivity index (χ2n) is 2.80. The number of hydrogen-bond acceptors (Lipinski definition) is 4. The second-order valence-corrected chi connectivity index (χ2v) is 3.71. The lowest BCUT2D eigenvalue weighted by atomic mass is 10.4. The molecule has 1 heterocycles. The molecule has 0 aliphatic rings. The van der Waals surface area contributed by atoms with E-state index in [1.54, 1.807) is 19.3 Å². The zero-order valence-corrected chi connectivity index (χ0v) is 11.1. The molecule has 0 unspecified atom stereocenters. The van der Waals surface area contributed by atoms with E-state index in [4.69, 9.17) is 0 Å². The van der Waals surface area contributed by atoms with Crippen molar-refractivity contribution in [3.05, 3.63) is 29.0 Å². The molecule has 1 aromatic rings. The Morgan fingerprint density at radius 2 is 2.41 bits per heavy atom. The number of halogens is 1. The highest BCUT2D eigenvalue weighted by molar-refractivity contribution is 9.10. The molecule has 1 rings (SSSR count). The van der Waals surface area contributed by atoms with Crippen molar-refractivity contribution in [1.82, 2.24) is 10.3 Å². The molecule has 1 aromatic heterocycles. The van der Waals surface area contributed by atoms with Crippen LogP contribution >= 0.6 is 15.9 Å². The van der Waals surface area contributed by atoms with E-state index in [0.29, 0.717) is 19.6 Å². The Balaban J connectivity index is 0.000000318. The molecule has 0 aromatic carbocycles. The summed E-state index contributed by atoms with van der Waals surface area (Å²) in [5.74, 6) is -0.281. The lowest BCUT2D eigenvalue weighted by Crippen LogP contribution is -2.17. The topological polar surface area (TPSA) is 68.3 Å². The number of amides is 1. The van der Waals surface area contributed by atoms with Gasteiger partial charge in [0.1, 0.15) is 0 Å². The normalized spacial score (nSPS) is 8.59. The van der Waals surface area contributed by atoms with Gasteiger partial charge in [-0.1, -0.05) is 0 Å². The van der Waals surface area contributed by atoms with Crippen LogP contribution in [0.4, 0.5) is 0 Å². The molecule has 17 heavy (non-hydrogen) atoms. The summed E-state index contributed by atoms with van der Waals surface area (Å²) in [6.45, 7) is 2.48. The van der Waals surface area contributed by atoms with E-state index in [2.05, 4.69) is 31.0 Å². The van der Waals surface area contributed by atoms with Gasteiger partial charge in [0.25, 0.3) is 0 Å². The van der Waals surface area contributed by atoms with Crippen molar-refractivity contribution in [1.29, 1.82) is 0 Å². The predicted octanol–water partition coefficient (Wildman–Crippen LogP) is 1.53. The van der Waals surface area contributed by atoms with E-state index in [1.165, 1.54) is 0 Å². The molecule has 0 bridgehead atoms. The maximum absolute atomic E-state index is 10.5. The van der Waals surface area contributed by atoms with Crippen molar-refractivity contribution < 1.29 is 14.3 Å². The standard InChI is InChI=1S/C6H11NO3.C5H4BrN/c1-2-10-6(9)3-4-7-5-8;6-5-2-1-3-7-4-5/h5H,2-4H2,1H3,(H,7,8);1-4H. The van der Waals surface area contributed by atoms with Gasteiger partial charge in [-0.2, -0.15) is 0 Å². The van der Waals surface area contributed by atoms with Crippen LogP contribution in [0.2, 0.25) is 0 Å². The van der Waals surface area contributed by atoms with Gasteiger partial charge in [-0.3, -0.25) is 14.6 Å². The van der Waals surface area contributed by atoms with Gasteiger partial charge in [-0.05, 0) is 35.0 Å². The number of pyridine rings is 1. The van der Waals surface area contributed by atoms with E-state index in [-0.39, 0.29) is 12.4 Å². The largest absolute Gasteiger partial charge is 0.466 e. The van der Waals surface area contributed by atoms with Crippen LogP contribution in [-0.4, -0.2) is 30.5 Å². The predicted molar refractivity (Wildman–Crippen MR) is 67.3 cm³/mol. The minimum Gasteiger partial charge on any atom is -0.466 e. The van der Waals surface area contributed by atoms with Crippen molar-refractivity contribution in [2.24, 2.45) is 0 Å². The molecular formula is C11H15BrN2O3. The summed E-state index contributed by atoms with van der Waals surface area (Å²) in [7, 11) is 0. The number of carbonyl (C=O) groups is 2. The lowest BCUT2D eigenvalue weighted by molar-refractivity contribution is -0.142. The van der Waals surface area contributed by atoms with Gasteiger partial charge in [0.05, 0.1) is 13.0 Å². The SMILES string of the molecule is Brc1cccnc1.CCOC(=O)CCNC=O. The highest BCUT2D eigenvalue weighted by atomic mass is 79.9. The van der Waals surface area contributed by atoms with E-state index in [1.807, 2.05) is 12.1 Å². The van der Waals surface area contributed by atoms with Gasteiger partial charge in [-0.25, -0.2) is 0 Å². The maximum atomic E-state index is 10.5. The first-order valence-corrected chi connectivity index (χ1v) is 5.88. The summed E-state index contributed by atoms with van der Waals surface area (Å²) in [5.41, 5.74) is 0. The molecular weight excluding hydrogens is 288 g/mol. The molecule has 0 saturated heterocycles. The molecule has 1 N–H and O–H groups in total. The molecule has 6 heteroatoms. The molecule has 5 nitrogen and oxygen atoms in total. The molecule has 0 atom stereocenters. The highest BCUT2D eigenvalue weighted by Gasteiger charge is 1.98. The van der Waals surface area contributed by atoms with Crippen LogP contribution in [0, 0.1) is 0 Å². The number of rotatable bonds is 5. The number of nitrogens with zero attached hydrogens (tertiary/aromatic N) is 1.